The van der Waals surface area contributed by atoms with E-state index in [2.05, 4.69) is 17.1 Å². The van der Waals surface area contributed by atoms with Gasteiger partial charge in [0.25, 0.3) is 5.91 Å². The number of amides is 1. The Hall–Kier alpha value is -3.19. The van der Waals surface area contributed by atoms with Crippen LogP contribution in [0.4, 0.5) is 0 Å². The predicted molar refractivity (Wildman–Crippen MR) is 115 cm³/mol. The highest BCUT2D eigenvalue weighted by atomic mass is 16.5. The summed E-state index contributed by atoms with van der Waals surface area (Å²) in [4.78, 5) is 18.7. The normalized spacial score (nSPS) is 14.6. The van der Waals surface area contributed by atoms with E-state index >= 15 is 0 Å². The summed E-state index contributed by atoms with van der Waals surface area (Å²) in [7, 11) is 0. The predicted octanol–water partition coefficient (Wildman–Crippen LogP) is 4.09. The van der Waals surface area contributed by atoms with E-state index in [-0.39, 0.29) is 18.6 Å². The van der Waals surface area contributed by atoms with Gasteiger partial charge in [0.1, 0.15) is 12.4 Å². The molecule has 3 aromatic rings. The van der Waals surface area contributed by atoms with E-state index in [1.807, 2.05) is 43.5 Å². The van der Waals surface area contributed by atoms with Crippen LogP contribution in [0.2, 0.25) is 0 Å². The van der Waals surface area contributed by atoms with Gasteiger partial charge in [0.05, 0.1) is 12.7 Å². The van der Waals surface area contributed by atoms with E-state index in [4.69, 9.17) is 14.0 Å². The fraction of sp³-hybridized carbons (Fsp3) is 0.375. The van der Waals surface area contributed by atoms with Crippen molar-refractivity contribution in [1.82, 2.24) is 15.0 Å². The summed E-state index contributed by atoms with van der Waals surface area (Å²) in [5.74, 6) is 1.17. The maximum atomic E-state index is 12.8. The van der Waals surface area contributed by atoms with Crippen LogP contribution in [0, 0.1) is 13.8 Å². The third kappa shape index (κ3) is 5.49. The van der Waals surface area contributed by atoms with E-state index < -0.39 is 0 Å². The molecule has 0 radical (unpaired) electrons. The quantitative estimate of drug-likeness (QED) is 0.572. The number of piperidine rings is 1. The summed E-state index contributed by atoms with van der Waals surface area (Å²) in [6.45, 7) is 6.14. The van der Waals surface area contributed by atoms with Crippen LogP contribution in [0.3, 0.4) is 0 Å². The van der Waals surface area contributed by atoms with Gasteiger partial charge in [-0.05, 0) is 61.6 Å². The molecule has 1 aromatic carbocycles. The lowest BCUT2D eigenvalue weighted by molar-refractivity contribution is -0.000675. The minimum atomic E-state index is -0.119. The molecular formula is C24H27N3O4. The maximum absolute atomic E-state index is 12.8. The number of benzene rings is 1. The number of carbonyl (C=O) groups excluding carboxylic acids is 1. The lowest BCUT2D eigenvalue weighted by Gasteiger charge is -2.31. The Labute approximate surface area is 182 Å². The molecule has 1 saturated heterocycles. The van der Waals surface area contributed by atoms with Crippen molar-refractivity contribution in [1.29, 1.82) is 0 Å². The van der Waals surface area contributed by atoms with Crippen molar-refractivity contribution in [2.24, 2.45) is 0 Å². The van der Waals surface area contributed by atoms with Crippen molar-refractivity contribution in [3.05, 3.63) is 76.9 Å². The van der Waals surface area contributed by atoms with Gasteiger partial charge in [0.15, 0.2) is 11.5 Å². The molecule has 0 aliphatic carbocycles. The Morgan fingerprint density at radius 3 is 2.71 bits per heavy atom. The molecule has 0 N–H and O–H groups in total. The Balaban J connectivity index is 1.24. The molecule has 0 saturated carbocycles. The fourth-order valence-corrected chi connectivity index (χ4v) is 3.53. The summed E-state index contributed by atoms with van der Waals surface area (Å²) < 4.78 is 17.0. The SMILES string of the molecule is Cc1ccc(OCc2cc(C(=O)N3CCC(OCc4cccnc4)CC3)no2)cc1C. The molecule has 0 unspecified atom stereocenters. The molecule has 0 spiro atoms. The van der Waals surface area contributed by atoms with E-state index in [9.17, 15) is 4.79 Å². The van der Waals surface area contributed by atoms with Gasteiger partial charge < -0.3 is 18.9 Å². The highest BCUT2D eigenvalue weighted by Crippen LogP contribution is 2.20. The summed E-state index contributed by atoms with van der Waals surface area (Å²) in [6.07, 6.45) is 5.30. The molecular weight excluding hydrogens is 394 g/mol. The number of hydrogen-bond donors (Lipinski definition) is 0. The van der Waals surface area contributed by atoms with Crippen LogP contribution in [0.15, 0.2) is 53.3 Å². The molecule has 7 nitrogen and oxygen atoms in total. The molecule has 4 rings (SSSR count). The second-order valence-electron chi connectivity index (χ2n) is 7.88. The van der Waals surface area contributed by atoms with Crippen molar-refractivity contribution in [3.8, 4) is 5.75 Å². The van der Waals surface area contributed by atoms with Crippen LogP contribution in [-0.4, -0.2) is 40.1 Å². The summed E-state index contributed by atoms with van der Waals surface area (Å²) >= 11 is 0. The minimum absolute atomic E-state index is 0.119. The Kier molecular flexibility index (Phi) is 6.62. The van der Waals surface area contributed by atoms with Crippen LogP contribution >= 0.6 is 0 Å². The topological polar surface area (TPSA) is 77.7 Å². The zero-order valence-electron chi connectivity index (χ0n) is 17.9. The first kappa shape index (κ1) is 21.1. The molecule has 1 amide bonds. The third-order valence-corrected chi connectivity index (χ3v) is 5.58. The molecule has 1 fully saturated rings. The van der Waals surface area contributed by atoms with E-state index in [0.29, 0.717) is 31.2 Å². The zero-order valence-corrected chi connectivity index (χ0v) is 17.9. The zero-order chi connectivity index (χ0) is 21.6. The number of hydrogen-bond acceptors (Lipinski definition) is 6. The van der Waals surface area contributed by atoms with Crippen molar-refractivity contribution in [2.75, 3.05) is 13.1 Å². The second-order valence-corrected chi connectivity index (χ2v) is 7.88. The molecule has 0 bridgehead atoms. The van der Waals surface area contributed by atoms with Gasteiger partial charge in [0, 0.05) is 31.5 Å². The lowest BCUT2D eigenvalue weighted by atomic mass is 10.1. The number of aromatic nitrogens is 2. The van der Waals surface area contributed by atoms with E-state index in [1.165, 1.54) is 11.1 Å². The summed E-state index contributed by atoms with van der Waals surface area (Å²) in [5.41, 5.74) is 3.75. The smallest absolute Gasteiger partial charge is 0.276 e. The first-order valence-electron chi connectivity index (χ1n) is 10.5. The first-order chi connectivity index (χ1) is 15.1. The first-order valence-corrected chi connectivity index (χ1v) is 10.5. The lowest BCUT2D eigenvalue weighted by Crippen LogP contribution is -2.41. The van der Waals surface area contributed by atoms with E-state index in [1.54, 1.807) is 17.2 Å². The molecule has 162 valence electrons. The summed E-state index contributed by atoms with van der Waals surface area (Å²) in [6, 6.07) is 11.5. The highest BCUT2D eigenvalue weighted by molar-refractivity contribution is 5.92. The average Bonchev–Trinajstić information content (AvgIpc) is 3.28. The van der Waals surface area contributed by atoms with Crippen molar-refractivity contribution < 1.29 is 18.8 Å². The monoisotopic (exact) mass is 421 g/mol. The van der Waals surface area contributed by atoms with Crippen molar-refractivity contribution in [3.63, 3.8) is 0 Å². The van der Waals surface area contributed by atoms with Crippen LogP contribution in [0.25, 0.3) is 0 Å². The van der Waals surface area contributed by atoms with Crippen molar-refractivity contribution in [2.45, 2.75) is 46.0 Å². The molecule has 3 heterocycles. The molecule has 2 aromatic heterocycles. The Morgan fingerprint density at radius 2 is 1.97 bits per heavy atom. The molecule has 1 aliphatic heterocycles. The number of ether oxygens (including phenoxy) is 2. The third-order valence-electron chi connectivity index (χ3n) is 5.58. The van der Waals surface area contributed by atoms with Crippen LogP contribution in [0.5, 0.6) is 5.75 Å². The molecule has 0 atom stereocenters. The number of aryl methyl sites for hydroxylation is 2. The number of nitrogens with zero attached hydrogens (tertiary/aromatic N) is 3. The second kappa shape index (κ2) is 9.75. The van der Waals surface area contributed by atoms with Crippen molar-refractivity contribution >= 4 is 5.91 Å². The van der Waals surface area contributed by atoms with E-state index in [0.717, 1.165) is 24.2 Å². The number of likely N-dealkylation sites (tertiary alicyclic amines) is 1. The largest absolute Gasteiger partial charge is 0.486 e. The average molecular weight is 421 g/mol. The van der Waals surface area contributed by atoms with Gasteiger partial charge in [-0.1, -0.05) is 17.3 Å². The van der Waals surface area contributed by atoms with Gasteiger partial charge in [-0.15, -0.1) is 0 Å². The van der Waals surface area contributed by atoms with Gasteiger partial charge in [-0.2, -0.15) is 0 Å². The van der Waals surface area contributed by atoms with Gasteiger partial charge in [-0.25, -0.2) is 0 Å². The van der Waals surface area contributed by atoms with Crippen LogP contribution < -0.4 is 4.74 Å². The fourth-order valence-electron chi connectivity index (χ4n) is 3.53. The van der Waals surface area contributed by atoms with Gasteiger partial charge in [-0.3, -0.25) is 9.78 Å². The number of rotatable bonds is 7. The van der Waals surface area contributed by atoms with Gasteiger partial charge in [0.2, 0.25) is 0 Å². The molecule has 31 heavy (non-hydrogen) atoms. The van der Waals surface area contributed by atoms with Crippen LogP contribution in [0.1, 0.15) is 45.8 Å². The Morgan fingerprint density at radius 1 is 1.13 bits per heavy atom. The number of pyridine rings is 1. The summed E-state index contributed by atoms with van der Waals surface area (Å²) in [5, 5.41) is 3.95. The standard InChI is InChI=1S/C24H27N3O4/c1-17-5-6-21(12-18(17)2)30-16-22-13-23(26-31-22)24(28)27-10-7-20(8-11-27)29-15-19-4-3-9-25-14-19/h3-6,9,12-14,20H,7-8,10-11,15-16H2,1-2H3. The molecule has 7 heteroatoms. The number of carbonyl (C=O) groups is 1. The van der Waals surface area contributed by atoms with Gasteiger partial charge >= 0.3 is 0 Å². The maximum Gasteiger partial charge on any atom is 0.276 e. The highest BCUT2D eigenvalue weighted by Gasteiger charge is 2.26. The Bertz CT molecular complexity index is 1010. The molecule has 1 aliphatic rings. The van der Waals surface area contributed by atoms with Crippen LogP contribution in [-0.2, 0) is 18.0 Å². The minimum Gasteiger partial charge on any atom is -0.486 e.